The normalized spacial score (nSPS) is 11.0. The molecule has 0 spiro atoms. The van der Waals surface area contributed by atoms with Crippen molar-refractivity contribution in [3.63, 3.8) is 0 Å². The molecule has 0 N–H and O–H groups in total. The predicted molar refractivity (Wildman–Crippen MR) is 83.9 cm³/mol. The summed E-state index contributed by atoms with van der Waals surface area (Å²) < 4.78 is 35.4. The maximum Gasteiger partial charge on any atom is 0.261 e. The highest BCUT2D eigenvalue weighted by atomic mass is 35.5. The molecule has 3 rings (SSSR count). The molecular weight excluding hydrogens is 326 g/mol. The lowest BCUT2D eigenvalue weighted by Gasteiger charge is -2.13. The summed E-state index contributed by atoms with van der Waals surface area (Å²) in [7, 11) is 2.84. The van der Waals surface area contributed by atoms with Crippen molar-refractivity contribution in [2.75, 3.05) is 7.11 Å². The van der Waals surface area contributed by atoms with E-state index >= 15 is 0 Å². The largest absolute Gasteiger partial charge is 0.496 e. The summed E-state index contributed by atoms with van der Waals surface area (Å²) in [5.41, 5.74) is -0.905. The first-order valence-corrected chi connectivity index (χ1v) is 6.99. The Morgan fingerprint density at radius 1 is 1.26 bits per heavy atom. The lowest BCUT2D eigenvalue weighted by molar-refractivity contribution is 0.413. The van der Waals surface area contributed by atoms with Gasteiger partial charge in [-0.05, 0) is 18.2 Å². The first-order valence-electron chi connectivity index (χ1n) is 6.62. The molecule has 1 heterocycles. The SMILES string of the molecule is COc1cccc(F)c1-c1c(Cl)cc2c(=O)n(C)cnc2c1F. The molecule has 0 aliphatic rings. The summed E-state index contributed by atoms with van der Waals surface area (Å²) in [5, 5.41) is -0.0694. The van der Waals surface area contributed by atoms with Gasteiger partial charge in [-0.2, -0.15) is 0 Å². The van der Waals surface area contributed by atoms with E-state index in [0.717, 1.165) is 0 Å². The number of ether oxygens (including phenoxy) is 1. The van der Waals surface area contributed by atoms with E-state index in [1.165, 1.54) is 49.3 Å². The average molecular weight is 337 g/mol. The highest BCUT2D eigenvalue weighted by Crippen LogP contribution is 2.40. The molecule has 0 fully saturated rings. The third-order valence-electron chi connectivity index (χ3n) is 3.55. The number of nitrogens with zero attached hydrogens (tertiary/aromatic N) is 2. The van der Waals surface area contributed by atoms with Gasteiger partial charge in [0.25, 0.3) is 5.56 Å². The number of aryl methyl sites for hydroxylation is 1. The zero-order valence-electron chi connectivity index (χ0n) is 12.2. The molecule has 0 unspecified atom stereocenters. The Morgan fingerprint density at radius 3 is 2.70 bits per heavy atom. The Morgan fingerprint density at radius 2 is 2.00 bits per heavy atom. The van der Waals surface area contributed by atoms with Crippen molar-refractivity contribution in [2.24, 2.45) is 7.05 Å². The Hall–Kier alpha value is -2.47. The van der Waals surface area contributed by atoms with Gasteiger partial charge in [0.1, 0.15) is 17.1 Å². The maximum absolute atomic E-state index is 14.9. The quantitative estimate of drug-likeness (QED) is 0.719. The zero-order valence-corrected chi connectivity index (χ0v) is 13.0. The summed E-state index contributed by atoms with van der Waals surface area (Å²) in [5.74, 6) is -1.42. The minimum atomic E-state index is -0.867. The number of fused-ring (bicyclic) bond motifs is 1. The molecule has 0 saturated carbocycles. The second-order valence-corrected chi connectivity index (χ2v) is 5.33. The Balaban J connectivity index is 2.46. The van der Waals surface area contributed by atoms with Crippen LogP contribution in [-0.2, 0) is 7.05 Å². The molecular formula is C16H11ClF2N2O2. The van der Waals surface area contributed by atoms with Crippen LogP contribution in [0.25, 0.3) is 22.0 Å². The molecule has 2 aromatic carbocycles. The monoisotopic (exact) mass is 336 g/mol. The van der Waals surface area contributed by atoms with Crippen LogP contribution in [-0.4, -0.2) is 16.7 Å². The fourth-order valence-electron chi connectivity index (χ4n) is 2.43. The van der Waals surface area contributed by atoms with Gasteiger partial charge in [0, 0.05) is 12.6 Å². The summed E-state index contributed by atoms with van der Waals surface area (Å²) >= 11 is 6.13. The summed E-state index contributed by atoms with van der Waals surface area (Å²) in [4.78, 5) is 16.0. The zero-order chi connectivity index (χ0) is 16.7. The fraction of sp³-hybridized carbons (Fsp3) is 0.125. The Labute approximate surface area is 134 Å². The van der Waals surface area contributed by atoms with Crippen molar-refractivity contribution in [3.05, 3.63) is 57.6 Å². The third-order valence-corrected chi connectivity index (χ3v) is 3.85. The topological polar surface area (TPSA) is 44.1 Å². The molecule has 7 heteroatoms. The van der Waals surface area contributed by atoms with Gasteiger partial charge in [-0.3, -0.25) is 4.79 Å². The van der Waals surface area contributed by atoms with Gasteiger partial charge in [0.05, 0.1) is 29.4 Å². The van der Waals surface area contributed by atoms with Crippen molar-refractivity contribution in [1.29, 1.82) is 0 Å². The molecule has 0 saturated heterocycles. The number of aromatic nitrogens is 2. The van der Waals surface area contributed by atoms with Crippen LogP contribution in [0.15, 0.2) is 35.4 Å². The predicted octanol–water partition coefficient (Wildman–Crippen LogP) is 3.54. The second-order valence-electron chi connectivity index (χ2n) is 4.92. The molecule has 0 bridgehead atoms. The molecule has 0 amide bonds. The molecule has 1 aromatic heterocycles. The number of benzene rings is 2. The third kappa shape index (κ3) is 2.35. The highest BCUT2D eigenvalue weighted by molar-refractivity contribution is 6.34. The van der Waals surface area contributed by atoms with Crippen LogP contribution in [0.3, 0.4) is 0 Å². The van der Waals surface area contributed by atoms with E-state index in [-0.39, 0.29) is 32.8 Å². The lowest BCUT2D eigenvalue weighted by atomic mass is 10.0. The van der Waals surface area contributed by atoms with E-state index in [1.807, 2.05) is 0 Å². The van der Waals surface area contributed by atoms with Crippen LogP contribution >= 0.6 is 11.6 Å². The van der Waals surface area contributed by atoms with E-state index in [9.17, 15) is 13.6 Å². The van der Waals surface area contributed by atoms with Gasteiger partial charge in [0.15, 0.2) is 5.82 Å². The second kappa shape index (κ2) is 5.62. The van der Waals surface area contributed by atoms with Crippen LogP contribution in [0.1, 0.15) is 0 Å². The van der Waals surface area contributed by atoms with Crippen molar-refractivity contribution in [1.82, 2.24) is 9.55 Å². The highest BCUT2D eigenvalue weighted by Gasteiger charge is 2.22. The Kier molecular flexibility index (Phi) is 3.77. The smallest absolute Gasteiger partial charge is 0.261 e. The average Bonchev–Trinajstić information content (AvgIpc) is 2.52. The van der Waals surface area contributed by atoms with Gasteiger partial charge in [-0.15, -0.1) is 0 Å². The summed E-state index contributed by atoms with van der Waals surface area (Å²) in [6.45, 7) is 0. The Bertz CT molecular complexity index is 986. The molecule has 4 nitrogen and oxygen atoms in total. The summed E-state index contributed by atoms with van der Waals surface area (Å²) in [6, 6.07) is 5.40. The minimum Gasteiger partial charge on any atom is -0.496 e. The van der Waals surface area contributed by atoms with Gasteiger partial charge in [-0.1, -0.05) is 17.7 Å². The van der Waals surface area contributed by atoms with Crippen LogP contribution in [0.5, 0.6) is 5.75 Å². The molecule has 0 radical (unpaired) electrons. The fourth-order valence-corrected chi connectivity index (χ4v) is 2.72. The van der Waals surface area contributed by atoms with E-state index < -0.39 is 17.2 Å². The standard InChI is InChI=1S/C16H11ClF2N2O2/c1-21-7-20-15-8(16(21)22)6-9(17)12(14(15)19)13-10(18)4-3-5-11(13)23-2/h3-7H,1-2H3. The van der Waals surface area contributed by atoms with Crippen molar-refractivity contribution in [3.8, 4) is 16.9 Å². The molecule has 118 valence electrons. The van der Waals surface area contributed by atoms with Crippen molar-refractivity contribution >= 4 is 22.5 Å². The van der Waals surface area contributed by atoms with Gasteiger partial charge < -0.3 is 9.30 Å². The van der Waals surface area contributed by atoms with E-state index in [2.05, 4.69) is 4.98 Å². The number of methoxy groups -OCH3 is 1. The number of halogens is 3. The van der Waals surface area contributed by atoms with Crippen molar-refractivity contribution in [2.45, 2.75) is 0 Å². The molecule has 0 atom stereocenters. The first kappa shape index (κ1) is 15.4. The van der Waals surface area contributed by atoms with Crippen LogP contribution < -0.4 is 10.3 Å². The van der Waals surface area contributed by atoms with Crippen LogP contribution in [0.2, 0.25) is 5.02 Å². The van der Waals surface area contributed by atoms with Crippen molar-refractivity contribution < 1.29 is 13.5 Å². The summed E-state index contributed by atoms with van der Waals surface area (Å²) in [6.07, 6.45) is 1.20. The molecule has 3 aromatic rings. The molecule has 0 aliphatic heterocycles. The van der Waals surface area contributed by atoms with Crippen LogP contribution in [0.4, 0.5) is 8.78 Å². The van der Waals surface area contributed by atoms with Gasteiger partial charge >= 0.3 is 0 Å². The van der Waals surface area contributed by atoms with E-state index in [4.69, 9.17) is 16.3 Å². The first-order chi connectivity index (χ1) is 11.0. The molecule has 23 heavy (non-hydrogen) atoms. The van der Waals surface area contributed by atoms with Crippen LogP contribution in [0, 0.1) is 11.6 Å². The molecule has 0 aliphatic carbocycles. The number of hydrogen-bond donors (Lipinski definition) is 0. The van der Waals surface area contributed by atoms with E-state index in [1.54, 1.807) is 0 Å². The van der Waals surface area contributed by atoms with Gasteiger partial charge in [0.2, 0.25) is 0 Å². The minimum absolute atomic E-state index is 0.0246. The number of rotatable bonds is 2. The number of hydrogen-bond acceptors (Lipinski definition) is 3. The van der Waals surface area contributed by atoms with Gasteiger partial charge in [-0.25, -0.2) is 13.8 Å². The van der Waals surface area contributed by atoms with E-state index in [0.29, 0.717) is 0 Å². The lowest BCUT2D eigenvalue weighted by Crippen LogP contribution is -2.17. The maximum atomic E-state index is 14.9.